The number of nitrogens with zero attached hydrogens (tertiary/aromatic N) is 2. The van der Waals surface area contributed by atoms with Crippen molar-refractivity contribution in [3.63, 3.8) is 0 Å². The second-order valence-corrected chi connectivity index (χ2v) is 9.20. The minimum atomic E-state index is 0.540. The third-order valence-corrected chi connectivity index (χ3v) is 7.00. The van der Waals surface area contributed by atoms with E-state index >= 15 is 0 Å². The topological polar surface area (TPSA) is 28.2 Å². The molecule has 0 bridgehead atoms. The number of aromatic nitrogens is 1. The molecule has 1 aromatic heterocycles. The summed E-state index contributed by atoms with van der Waals surface area (Å²) < 4.78 is 0. The lowest BCUT2D eigenvalue weighted by Gasteiger charge is -2.40. The Morgan fingerprint density at radius 2 is 1.55 bits per heavy atom. The Balaban J connectivity index is 1.25. The summed E-state index contributed by atoms with van der Waals surface area (Å²) in [6.07, 6.45) is 6.55. The fourth-order valence-corrected chi connectivity index (χ4v) is 5.16. The van der Waals surface area contributed by atoms with Crippen molar-refractivity contribution < 1.29 is 0 Å². The zero-order chi connectivity index (χ0) is 22.3. The smallest absolute Gasteiger partial charge is 0.0705 e. The summed E-state index contributed by atoms with van der Waals surface area (Å²) in [4.78, 5) is 7.24. The van der Waals surface area contributed by atoms with E-state index in [2.05, 4.69) is 106 Å². The first-order valence-corrected chi connectivity index (χ1v) is 12.2. The Labute approximate surface area is 197 Å². The molecule has 0 saturated carbocycles. The van der Waals surface area contributed by atoms with Crippen LogP contribution < -0.4 is 5.32 Å². The van der Waals surface area contributed by atoms with Gasteiger partial charge in [0.25, 0.3) is 0 Å². The van der Waals surface area contributed by atoms with Gasteiger partial charge in [0, 0.05) is 36.8 Å². The second kappa shape index (κ2) is 10.7. The minimum Gasteiger partial charge on any atom is -0.310 e. The van der Waals surface area contributed by atoms with E-state index in [9.17, 15) is 0 Å². The van der Waals surface area contributed by atoms with Gasteiger partial charge < -0.3 is 5.32 Å². The number of para-hydroxylation sites is 1. The summed E-state index contributed by atoms with van der Waals surface area (Å²) >= 11 is 0. The van der Waals surface area contributed by atoms with Crippen LogP contribution in [-0.2, 0) is 19.4 Å². The summed E-state index contributed by atoms with van der Waals surface area (Å²) in [6.45, 7) is 3.18. The van der Waals surface area contributed by atoms with Crippen molar-refractivity contribution in [2.24, 2.45) is 0 Å². The predicted octanol–water partition coefficient (Wildman–Crippen LogP) is 5.64. The molecule has 4 aromatic rings. The summed E-state index contributed by atoms with van der Waals surface area (Å²) in [5, 5.41) is 5.14. The van der Waals surface area contributed by atoms with Gasteiger partial charge in [-0.3, -0.25) is 9.88 Å². The molecule has 1 aliphatic heterocycles. The molecule has 1 saturated heterocycles. The Morgan fingerprint density at radius 3 is 2.36 bits per heavy atom. The summed E-state index contributed by atoms with van der Waals surface area (Å²) in [5.74, 6) is 0. The fraction of sp³-hybridized carbons (Fsp3) is 0.300. The number of hydrogen-bond acceptors (Lipinski definition) is 3. The van der Waals surface area contributed by atoms with E-state index in [1.54, 1.807) is 0 Å². The van der Waals surface area contributed by atoms with Gasteiger partial charge in [-0.15, -0.1) is 0 Å². The normalized spacial score (nSPS) is 19.0. The molecule has 168 valence electrons. The molecule has 0 amide bonds. The van der Waals surface area contributed by atoms with Crippen LogP contribution in [0.1, 0.15) is 29.5 Å². The van der Waals surface area contributed by atoms with Crippen molar-refractivity contribution in [3.05, 3.63) is 114 Å². The van der Waals surface area contributed by atoms with Gasteiger partial charge in [-0.05, 0) is 61.1 Å². The van der Waals surface area contributed by atoms with Crippen LogP contribution in [-0.4, -0.2) is 35.1 Å². The molecule has 2 unspecified atom stereocenters. The average molecular weight is 436 g/mol. The molecule has 3 aromatic carbocycles. The maximum absolute atomic E-state index is 4.52. The first kappa shape index (κ1) is 21.8. The summed E-state index contributed by atoms with van der Waals surface area (Å²) in [5.41, 5.74) is 5.29. The maximum Gasteiger partial charge on any atom is 0.0705 e. The third kappa shape index (κ3) is 5.68. The SMILES string of the molecule is c1ccc(CCN2CCC(NCc3ccnc4ccccc34)CC2Cc2ccccc2)cc1. The summed E-state index contributed by atoms with van der Waals surface area (Å²) in [7, 11) is 0. The van der Waals surface area contributed by atoms with Crippen molar-refractivity contribution in [1.29, 1.82) is 0 Å². The van der Waals surface area contributed by atoms with Crippen molar-refractivity contribution in [2.45, 2.75) is 44.3 Å². The zero-order valence-electron chi connectivity index (χ0n) is 19.2. The molecule has 5 rings (SSSR count). The van der Waals surface area contributed by atoms with Crippen LogP contribution in [0, 0.1) is 0 Å². The first-order chi connectivity index (χ1) is 16.3. The highest BCUT2D eigenvalue weighted by atomic mass is 15.2. The first-order valence-electron chi connectivity index (χ1n) is 12.2. The summed E-state index contributed by atoms with van der Waals surface area (Å²) in [6, 6.07) is 33.6. The standard InChI is InChI=1S/C30H33N3/c1-3-9-24(10-4-1)16-19-33-20-17-27(22-28(33)21-25-11-5-2-6-12-25)32-23-26-15-18-31-30-14-8-7-13-29(26)30/h1-15,18,27-28,32H,16-17,19-23H2. The van der Waals surface area contributed by atoms with Gasteiger partial charge in [-0.2, -0.15) is 0 Å². The van der Waals surface area contributed by atoms with Crippen molar-refractivity contribution in [1.82, 2.24) is 15.2 Å². The van der Waals surface area contributed by atoms with Gasteiger partial charge in [-0.25, -0.2) is 0 Å². The zero-order valence-corrected chi connectivity index (χ0v) is 19.2. The van der Waals surface area contributed by atoms with Gasteiger partial charge in [0.05, 0.1) is 5.52 Å². The van der Waals surface area contributed by atoms with Gasteiger partial charge in [-0.1, -0.05) is 78.9 Å². The lowest BCUT2D eigenvalue weighted by Crippen LogP contribution is -2.50. The van der Waals surface area contributed by atoms with Crippen LogP contribution in [0.25, 0.3) is 10.9 Å². The number of rotatable bonds is 8. The van der Waals surface area contributed by atoms with E-state index in [1.807, 2.05) is 6.20 Å². The van der Waals surface area contributed by atoms with Crippen LogP contribution in [0.15, 0.2) is 97.2 Å². The molecule has 1 fully saturated rings. The van der Waals surface area contributed by atoms with E-state index in [4.69, 9.17) is 0 Å². The molecule has 0 spiro atoms. The molecule has 3 nitrogen and oxygen atoms in total. The Bertz CT molecular complexity index is 1140. The van der Waals surface area contributed by atoms with Gasteiger partial charge in [0.2, 0.25) is 0 Å². The molecule has 1 aliphatic rings. The monoisotopic (exact) mass is 435 g/mol. The molecule has 1 N–H and O–H groups in total. The van der Waals surface area contributed by atoms with Crippen LogP contribution in [0.3, 0.4) is 0 Å². The fourth-order valence-electron chi connectivity index (χ4n) is 5.16. The number of piperidine rings is 1. The molecular formula is C30H33N3. The van der Waals surface area contributed by atoms with Gasteiger partial charge in [0.1, 0.15) is 0 Å². The number of benzene rings is 3. The largest absolute Gasteiger partial charge is 0.310 e. The maximum atomic E-state index is 4.52. The van der Waals surface area contributed by atoms with Gasteiger partial charge >= 0.3 is 0 Å². The van der Waals surface area contributed by atoms with E-state index in [-0.39, 0.29) is 0 Å². The number of fused-ring (bicyclic) bond motifs is 1. The Kier molecular flexibility index (Phi) is 7.10. The third-order valence-electron chi connectivity index (χ3n) is 7.00. The molecule has 0 aliphatic carbocycles. The molecular weight excluding hydrogens is 402 g/mol. The van der Waals surface area contributed by atoms with Crippen molar-refractivity contribution in [2.75, 3.05) is 13.1 Å². The lowest BCUT2D eigenvalue weighted by molar-refractivity contribution is 0.125. The molecule has 33 heavy (non-hydrogen) atoms. The van der Waals surface area contributed by atoms with E-state index in [0.717, 1.165) is 38.0 Å². The number of likely N-dealkylation sites (tertiary alicyclic amines) is 1. The Hall–Kier alpha value is -3.01. The van der Waals surface area contributed by atoms with E-state index in [1.165, 1.54) is 34.9 Å². The molecule has 2 atom stereocenters. The highest BCUT2D eigenvalue weighted by Gasteiger charge is 2.28. The lowest BCUT2D eigenvalue weighted by atomic mass is 9.91. The van der Waals surface area contributed by atoms with Crippen molar-refractivity contribution >= 4 is 10.9 Å². The van der Waals surface area contributed by atoms with Crippen LogP contribution in [0.5, 0.6) is 0 Å². The van der Waals surface area contributed by atoms with Crippen LogP contribution in [0.2, 0.25) is 0 Å². The van der Waals surface area contributed by atoms with E-state index < -0.39 is 0 Å². The number of hydrogen-bond donors (Lipinski definition) is 1. The number of pyridine rings is 1. The Morgan fingerprint density at radius 1 is 0.818 bits per heavy atom. The van der Waals surface area contributed by atoms with Crippen LogP contribution in [0.4, 0.5) is 0 Å². The molecule has 0 radical (unpaired) electrons. The average Bonchev–Trinajstić information content (AvgIpc) is 2.88. The van der Waals surface area contributed by atoms with Crippen molar-refractivity contribution in [3.8, 4) is 0 Å². The highest BCUT2D eigenvalue weighted by molar-refractivity contribution is 5.81. The highest BCUT2D eigenvalue weighted by Crippen LogP contribution is 2.23. The van der Waals surface area contributed by atoms with Gasteiger partial charge in [0.15, 0.2) is 0 Å². The minimum absolute atomic E-state index is 0.540. The number of nitrogens with one attached hydrogen (secondary N) is 1. The van der Waals surface area contributed by atoms with Crippen LogP contribution >= 0.6 is 0 Å². The van der Waals surface area contributed by atoms with E-state index in [0.29, 0.717) is 12.1 Å². The predicted molar refractivity (Wildman–Crippen MR) is 137 cm³/mol. The molecule has 3 heteroatoms. The quantitative estimate of drug-likeness (QED) is 0.388. The second-order valence-electron chi connectivity index (χ2n) is 9.20. The molecule has 2 heterocycles.